The number of aliphatic hydroxyl groups is 1. The van der Waals surface area contributed by atoms with Gasteiger partial charge in [0.1, 0.15) is 17.7 Å². The second kappa shape index (κ2) is 5.16. The maximum atomic E-state index is 13.7. The lowest BCUT2D eigenvalue weighted by Gasteiger charge is -2.14. The number of rotatable bonds is 3. The van der Waals surface area contributed by atoms with Crippen molar-refractivity contribution in [3.8, 4) is 0 Å². The number of aliphatic hydroxyl groups excluding tert-OH is 1. The van der Waals surface area contributed by atoms with Gasteiger partial charge < -0.3 is 5.11 Å². The molecule has 1 atom stereocenters. The van der Waals surface area contributed by atoms with Crippen molar-refractivity contribution in [3.63, 3.8) is 0 Å². The lowest BCUT2D eigenvalue weighted by atomic mass is 10.1. The Balaban J connectivity index is 2.49. The number of aryl methyl sites for hydroxylation is 1. The quantitative estimate of drug-likeness (QED) is 0.945. The summed E-state index contributed by atoms with van der Waals surface area (Å²) in [5, 5.41) is 14.0. The third-order valence-corrected chi connectivity index (χ3v) is 3.10. The largest absolute Gasteiger partial charge is 0.382 e. The maximum Gasteiger partial charge on any atom is 0.133 e. The normalized spacial score (nSPS) is 12.7. The minimum absolute atomic E-state index is 0.289. The van der Waals surface area contributed by atoms with Crippen LogP contribution in [0.3, 0.4) is 0 Å². The van der Waals surface area contributed by atoms with E-state index in [2.05, 4.69) is 21.0 Å². The molecule has 0 aliphatic rings. The van der Waals surface area contributed by atoms with Crippen molar-refractivity contribution in [1.82, 2.24) is 9.78 Å². The fraction of sp³-hybridized carbons (Fsp3) is 0.250. The van der Waals surface area contributed by atoms with Crippen LogP contribution in [-0.2, 0) is 6.54 Å². The molecule has 6 heteroatoms. The van der Waals surface area contributed by atoms with E-state index in [1.807, 2.05) is 6.92 Å². The van der Waals surface area contributed by atoms with E-state index in [9.17, 15) is 13.9 Å². The number of hydrogen-bond acceptors (Lipinski definition) is 2. The van der Waals surface area contributed by atoms with Crippen LogP contribution in [0.15, 0.2) is 28.9 Å². The van der Waals surface area contributed by atoms with Crippen molar-refractivity contribution in [2.45, 2.75) is 19.6 Å². The van der Waals surface area contributed by atoms with Gasteiger partial charge in [-0.15, -0.1) is 0 Å². The van der Waals surface area contributed by atoms with Crippen LogP contribution in [0.1, 0.15) is 24.3 Å². The van der Waals surface area contributed by atoms with Crippen molar-refractivity contribution < 1.29 is 13.9 Å². The number of benzene rings is 1. The van der Waals surface area contributed by atoms with Gasteiger partial charge in [0, 0.05) is 17.2 Å². The third-order valence-electron chi connectivity index (χ3n) is 2.65. The Kier molecular flexibility index (Phi) is 3.77. The molecule has 3 nitrogen and oxygen atoms in total. The molecule has 0 aliphatic carbocycles. The van der Waals surface area contributed by atoms with Crippen LogP contribution in [0.5, 0.6) is 0 Å². The molecule has 1 N–H and O–H groups in total. The average molecular weight is 317 g/mol. The van der Waals surface area contributed by atoms with Gasteiger partial charge >= 0.3 is 0 Å². The first kappa shape index (κ1) is 13.2. The molecule has 0 saturated carbocycles. The maximum absolute atomic E-state index is 13.7. The van der Waals surface area contributed by atoms with E-state index in [0.29, 0.717) is 12.2 Å². The summed E-state index contributed by atoms with van der Waals surface area (Å²) in [5.74, 6) is -1.59. The Morgan fingerprint density at radius 3 is 2.56 bits per heavy atom. The number of halogens is 3. The van der Waals surface area contributed by atoms with Gasteiger partial charge in [0.15, 0.2) is 0 Å². The zero-order chi connectivity index (χ0) is 13.3. The molecular weight excluding hydrogens is 306 g/mol. The molecule has 0 radical (unpaired) electrons. The summed E-state index contributed by atoms with van der Waals surface area (Å²) >= 11 is 2.99. The molecule has 18 heavy (non-hydrogen) atoms. The Bertz CT molecular complexity index is 548. The Morgan fingerprint density at radius 1 is 1.39 bits per heavy atom. The predicted molar refractivity (Wildman–Crippen MR) is 66.0 cm³/mol. The van der Waals surface area contributed by atoms with Crippen LogP contribution in [0.2, 0.25) is 0 Å². The molecule has 0 fully saturated rings. The smallest absolute Gasteiger partial charge is 0.133 e. The highest BCUT2D eigenvalue weighted by Crippen LogP contribution is 2.29. The predicted octanol–water partition coefficient (Wildman–Crippen LogP) is 3.03. The summed E-state index contributed by atoms with van der Waals surface area (Å²) in [7, 11) is 0. The summed E-state index contributed by atoms with van der Waals surface area (Å²) < 4.78 is 29.2. The Morgan fingerprint density at radius 2 is 2.00 bits per heavy atom. The molecule has 1 aromatic carbocycles. The van der Waals surface area contributed by atoms with Crippen LogP contribution in [0, 0.1) is 11.6 Å². The molecule has 2 rings (SSSR count). The molecule has 0 saturated heterocycles. The van der Waals surface area contributed by atoms with Gasteiger partial charge in [-0.2, -0.15) is 5.10 Å². The molecular formula is C12H11BrF2N2O. The monoisotopic (exact) mass is 316 g/mol. The van der Waals surface area contributed by atoms with Gasteiger partial charge in [-0.3, -0.25) is 4.68 Å². The van der Waals surface area contributed by atoms with Gasteiger partial charge in [-0.25, -0.2) is 8.78 Å². The van der Waals surface area contributed by atoms with Crippen molar-refractivity contribution in [1.29, 1.82) is 0 Å². The van der Waals surface area contributed by atoms with E-state index in [0.717, 1.165) is 12.1 Å². The van der Waals surface area contributed by atoms with Gasteiger partial charge in [-0.1, -0.05) is 15.9 Å². The molecule has 1 unspecified atom stereocenters. The highest BCUT2D eigenvalue weighted by molar-refractivity contribution is 9.10. The SMILES string of the molecule is CCn1nccc1C(O)c1c(F)cc(Br)cc1F. The van der Waals surface area contributed by atoms with Crippen molar-refractivity contribution in [2.24, 2.45) is 0 Å². The second-order valence-electron chi connectivity index (χ2n) is 3.76. The average Bonchev–Trinajstić information content (AvgIpc) is 2.75. The van der Waals surface area contributed by atoms with Gasteiger partial charge in [0.2, 0.25) is 0 Å². The van der Waals surface area contributed by atoms with Crippen molar-refractivity contribution in [3.05, 3.63) is 51.8 Å². The van der Waals surface area contributed by atoms with Gasteiger partial charge in [0.25, 0.3) is 0 Å². The molecule has 1 aromatic heterocycles. The van der Waals surface area contributed by atoms with Crippen LogP contribution in [0.25, 0.3) is 0 Å². The van der Waals surface area contributed by atoms with Crippen molar-refractivity contribution in [2.75, 3.05) is 0 Å². The van der Waals surface area contributed by atoms with Crippen LogP contribution >= 0.6 is 15.9 Å². The highest BCUT2D eigenvalue weighted by Gasteiger charge is 2.23. The molecule has 0 bridgehead atoms. The second-order valence-corrected chi connectivity index (χ2v) is 4.67. The third kappa shape index (κ3) is 2.30. The topological polar surface area (TPSA) is 38.0 Å². The molecule has 2 aromatic rings. The van der Waals surface area contributed by atoms with Crippen LogP contribution in [0.4, 0.5) is 8.78 Å². The first-order chi connectivity index (χ1) is 8.54. The molecule has 96 valence electrons. The summed E-state index contributed by atoms with van der Waals surface area (Å²) in [6, 6.07) is 3.78. The molecule has 0 aliphatic heterocycles. The minimum Gasteiger partial charge on any atom is -0.382 e. The van der Waals surface area contributed by atoms with Gasteiger partial charge in [-0.05, 0) is 25.1 Å². The highest BCUT2D eigenvalue weighted by atomic mass is 79.9. The summed E-state index contributed by atoms with van der Waals surface area (Å²) in [6.45, 7) is 2.34. The van der Waals surface area contributed by atoms with Crippen LogP contribution < -0.4 is 0 Å². The molecule has 1 heterocycles. The molecule has 0 amide bonds. The Hall–Kier alpha value is -1.27. The molecule has 0 spiro atoms. The Labute approximate surface area is 111 Å². The summed E-state index contributed by atoms with van der Waals surface area (Å²) in [6.07, 6.45) is 0.108. The fourth-order valence-electron chi connectivity index (χ4n) is 1.80. The van der Waals surface area contributed by atoms with E-state index in [-0.39, 0.29) is 10.0 Å². The fourth-order valence-corrected chi connectivity index (χ4v) is 2.20. The summed E-state index contributed by atoms with van der Waals surface area (Å²) in [5.41, 5.74) is -0.00831. The van der Waals surface area contributed by atoms with Gasteiger partial charge in [0.05, 0.1) is 11.3 Å². The zero-order valence-corrected chi connectivity index (χ0v) is 11.2. The lowest BCUT2D eigenvalue weighted by Crippen LogP contribution is -2.12. The first-order valence-electron chi connectivity index (χ1n) is 5.38. The van der Waals surface area contributed by atoms with E-state index in [4.69, 9.17) is 0 Å². The van der Waals surface area contributed by atoms with E-state index in [1.54, 1.807) is 0 Å². The standard InChI is InChI=1S/C12H11BrF2N2O/c1-2-17-10(3-4-16-17)12(18)11-8(14)5-7(13)6-9(11)15/h3-6,12,18H,2H2,1H3. The summed E-state index contributed by atoms with van der Waals surface area (Å²) in [4.78, 5) is 0. The van der Waals surface area contributed by atoms with E-state index >= 15 is 0 Å². The minimum atomic E-state index is -1.37. The van der Waals surface area contributed by atoms with Crippen molar-refractivity contribution >= 4 is 15.9 Å². The lowest BCUT2D eigenvalue weighted by molar-refractivity contribution is 0.197. The number of hydrogen-bond donors (Lipinski definition) is 1. The number of aromatic nitrogens is 2. The zero-order valence-electron chi connectivity index (χ0n) is 9.57. The first-order valence-corrected chi connectivity index (χ1v) is 6.18. The van der Waals surface area contributed by atoms with Crippen LogP contribution in [-0.4, -0.2) is 14.9 Å². The van der Waals surface area contributed by atoms with E-state index < -0.39 is 17.7 Å². The number of nitrogens with zero attached hydrogens (tertiary/aromatic N) is 2. The van der Waals surface area contributed by atoms with E-state index in [1.165, 1.54) is 16.9 Å².